The predicted molar refractivity (Wildman–Crippen MR) is 82.6 cm³/mol. The van der Waals surface area contributed by atoms with Crippen LogP contribution in [0.2, 0.25) is 0 Å². The highest BCUT2D eigenvalue weighted by atomic mass is 32.2. The Labute approximate surface area is 130 Å². The van der Waals surface area contributed by atoms with Crippen molar-refractivity contribution in [3.63, 3.8) is 0 Å². The molecule has 2 rings (SSSR count). The zero-order chi connectivity index (χ0) is 16.1. The summed E-state index contributed by atoms with van der Waals surface area (Å²) in [5.41, 5.74) is 0.566. The molecule has 1 fully saturated rings. The summed E-state index contributed by atoms with van der Waals surface area (Å²) in [4.78, 5) is 35.3. The van der Waals surface area contributed by atoms with Gasteiger partial charge < -0.3 is 0 Å². The van der Waals surface area contributed by atoms with Crippen molar-refractivity contribution >= 4 is 34.7 Å². The highest BCUT2D eigenvalue weighted by molar-refractivity contribution is 8.18. The Kier molecular flexibility index (Phi) is 4.93. The highest BCUT2D eigenvalue weighted by Crippen LogP contribution is 2.31. The number of nitrogens with zero attached hydrogens (tertiary/aromatic N) is 2. The Bertz CT molecular complexity index is 691. The van der Waals surface area contributed by atoms with Gasteiger partial charge in [-0.05, 0) is 35.5 Å². The molecule has 0 aliphatic carbocycles. The molecule has 0 spiro atoms. The maximum atomic E-state index is 12.1. The average Bonchev–Trinajstić information content (AvgIpc) is 2.75. The van der Waals surface area contributed by atoms with Crippen molar-refractivity contribution in [2.75, 3.05) is 13.2 Å². The summed E-state index contributed by atoms with van der Waals surface area (Å²) in [6.45, 7) is 0.301. The first-order valence-electron chi connectivity index (χ1n) is 6.17. The van der Waals surface area contributed by atoms with E-state index in [0.29, 0.717) is 5.56 Å². The molecule has 0 atom stereocenters. The average molecular weight is 317 g/mol. The maximum absolute atomic E-state index is 12.1. The van der Waals surface area contributed by atoms with Gasteiger partial charge >= 0.3 is 0 Å². The quantitative estimate of drug-likeness (QED) is 0.293. The van der Waals surface area contributed by atoms with Crippen molar-refractivity contribution in [1.82, 2.24) is 10.2 Å². The van der Waals surface area contributed by atoms with Crippen LogP contribution >= 0.6 is 11.8 Å². The second-order valence-electron chi connectivity index (χ2n) is 4.25. The summed E-state index contributed by atoms with van der Waals surface area (Å²) in [5, 5.41) is 13.0. The number of carbonyl (C=O) groups excluding carboxylic acids is 2. The molecule has 0 saturated carbocycles. The summed E-state index contributed by atoms with van der Waals surface area (Å²) in [7, 11) is 0. The largest absolute Gasteiger partial charge is 0.294 e. The lowest BCUT2D eigenvalue weighted by molar-refractivity contribution is -0.384. The van der Waals surface area contributed by atoms with Crippen LogP contribution in [0.4, 0.5) is 10.5 Å². The molecule has 1 aromatic rings. The fourth-order valence-electron chi connectivity index (χ4n) is 1.72. The van der Waals surface area contributed by atoms with Crippen LogP contribution in [0.15, 0.2) is 29.2 Å². The van der Waals surface area contributed by atoms with E-state index in [0.717, 1.165) is 16.7 Å². The lowest BCUT2D eigenvalue weighted by Crippen LogP contribution is -2.37. The third-order valence-electron chi connectivity index (χ3n) is 2.77. The standard InChI is InChI=1S/C14H11N3O4S/c1-2-7-15-9-16-13(18)12(22-14(16)19)8-10-3-5-11(6-4-10)17(20)21/h1,3-6,8,15H,7,9H2/b12-8+. The molecule has 2 amide bonds. The number of non-ortho nitro benzene ring substituents is 1. The van der Waals surface area contributed by atoms with Gasteiger partial charge in [0.1, 0.15) is 0 Å². The SMILES string of the molecule is C#CCNCN1C(=O)S/C(=C/c2ccc([N+](=O)[O-])cc2)C1=O. The number of nitrogens with one attached hydrogen (secondary N) is 1. The van der Waals surface area contributed by atoms with Gasteiger partial charge in [0.25, 0.3) is 16.8 Å². The number of nitro benzene ring substituents is 1. The summed E-state index contributed by atoms with van der Waals surface area (Å²) in [6.07, 6.45) is 6.60. The molecule has 1 N–H and O–H groups in total. The third kappa shape index (κ3) is 3.52. The molecule has 1 heterocycles. The first kappa shape index (κ1) is 15.8. The first-order chi connectivity index (χ1) is 10.5. The van der Waals surface area contributed by atoms with E-state index in [-0.39, 0.29) is 29.0 Å². The van der Waals surface area contributed by atoms with Gasteiger partial charge in [0, 0.05) is 12.1 Å². The Balaban J connectivity index is 2.12. The smallest absolute Gasteiger partial charge is 0.288 e. The summed E-state index contributed by atoms with van der Waals surface area (Å²) in [6, 6.07) is 5.71. The van der Waals surface area contributed by atoms with Crippen molar-refractivity contribution in [1.29, 1.82) is 0 Å². The molecule has 112 valence electrons. The molecule has 7 nitrogen and oxygen atoms in total. The fourth-order valence-corrected chi connectivity index (χ4v) is 2.56. The topological polar surface area (TPSA) is 92.6 Å². The van der Waals surface area contributed by atoms with Gasteiger partial charge in [-0.2, -0.15) is 0 Å². The molecule has 1 aromatic carbocycles. The number of amides is 2. The molecule has 0 bridgehead atoms. The maximum Gasteiger partial charge on any atom is 0.294 e. The van der Waals surface area contributed by atoms with Crippen molar-refractivity contribution in [3.05, 3.63) is 44.8 Å². The molecular weight excluding hydrogens is 306 g/mol. The zero-order valence-electron chi connectivity index (χ0n) is 11.3. The van der Waals surface area contributed by atoms with Crippen LogP contribution in [-0.4, -0.2) is 34.2 Å². The lowest BCUT2D eigenvalue weighted by Gasteiger charge is -2.11. The third-order valence-corrected chi connectivity index (χ3v) is 3.68. The Morgan fingerprint density at radius 2 is 2.05 bits per heavy atom. The molecular formula is C14H11N3O4S. The number of nitro groups is 1. The number of carbonyl (C=O) groups is 2. The highest BCUT2D eigenvalue weighted by Gasteiger charge is 2.34. The summed E-state index contributed by atoms with van der Waals surface area (Å²) in [5.74, 6) is 1.93. The number of hydrogen-bond acceptors (Lipinski definition) is 6. The van der Waals surface area contributed by atoms with Crippen LogP contribution in [0.5, 0.6) is 0 Å². The van der Waals surface area contributed by atoms with E-state index in [9.17, 15) is 19.7 Å². The van der Waals surface area contributed by atoms with E-state index in [1.165, 1.54) is 30.3 Å². The molecule has 1 aliphatic heterocycles. The predicted octanol–water partition coefficient (Wildman–Crippen LogP) is 1.81. The molecule has 8 heteroatoms. The van der Waals surface area contributed by atoms with Gasteiger partial charge in [-0.25, -0.2) is 0 Å². The van der Waals surface area contributed by atoms with E-state index in [1.54, 1.807) is 0 Å². The summed E-state index contributed by atoms with van der Waals surface area (Å²) >= 11 is 0.818. The molecule has 0 unspecified atom stereocenters. The van der Waals surface area contributed by atoms with E-state index < -0.39 is 10.8 Å². The monoisotopic (exact) mass is 317 g/mol. The van der Waals surface area contributed by atoms with Crippen LogP contribution in [0.1, 0.15) is 5.56 Å². The normalized spacial score (nSPS) is 16.1. The van der Waals surface area contributed by atoms with Crippen molar-refractivity contribution in [2.45, 2.75) is 0 Å². The van der Waals surface area contributed by atoms with Crippen LogP contribution in [0.3, 0.4) is 0 Å². The Morgan fingerprint density at radius 1 is 1.36 bits per heavy atom. The minimum absolute atomic E-state index is 0.0382. The van der Waals surface area contributed by atoms with Crippen molar-refractivity contribution in [2.24, 2.45) is 0 Å². The number of benzene rings is 1. The number of rotatable bonds is 5. The van der Waals surface area contributed by atoms with Gasteiger partial charge in [0.2, 0.25) is 0 Å². The number of imide groups is 1. The lowest BCUT2D eigenvalue weighted by atomic mass is 10.2. The van der Waals surface area contributed by atoms with Crippen LogP contribution < -0.4 is 5.32 Å². The van der Waals surface area contributed by atoms with E-state index in [4.69, 9.17) is 6.42 Å². The molecule has 1 aliphatic rings. The minimum Gasteiger partial charge on any atom is -0.288 e. The Morgan fingerprint density at radius 3 is 2.64 bits per heavy atom. The molecule has 1 saturated heterocycles. The number of terminal acetylenes is 1. The second kappa shape index (κ2) is 6.89. The van der Waals surface area contributed by atoms with Crippen molar-refractivity contribution in [3.8, 4) is 12.3 Å². The molecule has 0 radical (unpaired) electrons. The van der Waals surface area contributed by atoms with Gasteiger partial charge in [-0.1, -0.05) is 5.92 Å². The Hall–Kier alpha value is -2.63. The van der Waals surface area contributed by atoms with Crippen molar-refractivity contribution < 1.29 is 14.5 Å². The minimum atomic E-state index is -0.505. The first-order valence-corrected chi connectivity index (χ1v) is 6.98. The van der Waals surface area contributed by atoms with E-state index >= 15 is 0 Å². The van der Waals surface area contributed by atoms with Crippen LogP contribution in [0, 0.1) is 22.5 Å². The number of hydrogen-bond donors (Lipinski definition) is 1. The molecule has 0 aromatic heterocycles. The van der Waals surface area contributed by atoms with Gasteiger partial charge in [0.05, 0.1) is 23.0 Å². The second-order valence-corrected chi connectivity index (χ2v) is 5.24. The van der Waals surface area contributed by atoms with Crippen LogP contribution in [-0.2, 0) is 4.79 Å². The van der Waals surface area contributed by atoms with E-state index in [2.05, 4.69) is 11.2 Å². The van der Waals surface area contributed by atoms with Crippen LogP contribution in [0.25, 0.3) is 6.08 Å². The van der Waals surface area contributed by atoms with Gasteiger partial charge in [-0.15, -0.1) is 6.42 Å². The summed E-state index contributed by atoms with van der Waals surface area (Å²) < 4.78 is 0. The van der Waals surface area contributed by atoms with Gasteiger partial charge in [-0.3, -0.25) is 29.9 Å². The number of thioether (sulfide) groups is 1. The fraction of sp³-hybridized carbons (Fsp3) is 0.143. The zero-order valence-corrected chi connectivity index (χ0v) is 12.1. The van der Waals surface area contributed by atoms with Gasteiger partial charge in [0.15, 0.2) is 0 Å². The van der Waals surface area contributed by atoms with E-state index in [1.807, 2.05) is 0 Å². The molecule has 22 heavy (non-hydrogen) atoms.